The van der Waals surface area contributed by atoms with Gasteiger partial charge in [0.25, 0.3) is 5.56 Å². The highest BCUT2D eigenvalue weighted by Gasteiger charge is 2.14. The van der Waals surface area contributed by atoms with Crippen molar-refractivity contribution in [3.63, 3.8) is 0 Å². The first-order valence-corrected chi connectivity index (χ1v) is 6.34. The molecule has 0 aliphatic carbocycles. The lowest BCUT2D eigenvalue weighted by Crippen LogP contribution is -2.21. The van der Waals surface area contributed by atoms with Crippen molar-refractivity contribution in [1.82, 2.24) is 19.6 Å². The molecule has 20 heavy (non-hydrogen) atoms. The van der Waals surface area contributed by atoms with Crippen LogP contribution in [0.2, 0.25) is 0 Å². The average Bonchev–Trinajstić information content (AvgIpc) is 2.84. The van der Waals surface area contributed by atoms with Crippen LogP contribution in [0.4, 0.5) is 4.39 Å². The minimum absolute atomic E-state index is 0.136. The number of aryl methyl sites for hydroxylation is 1. The average molecular weight is 272 g/mol. The molecule has 0 radical (unpaired) electrons. The van der Waals surface area contributed by atoms with Crippen molar-refractivity contribution in [3.8, 4) is 11.4 Å². The number of H-pyrrole nitrogens is 1. The molecule has 1 N–H and O–H groups in total. The highest BCUT2D eigenvalue weighted by Crippen LogP contribution is 2.17. The summed E-state index contributed by atoms with van der Waals surface area (Å²) in [6, 6.07) is 5.85. The van der Waals surface area contributed by atoms with Crippen molar-refractivity contribution in [2.45, 2.75) is 20.3 Å². The van der Waals surface area contributed by atoms with Crippen LogP contribution in [0.1, 0.15) is 18.2 Å². The Balaban J connectivity index is 2.33. The van der Waals surface area contributed by atoms with E-state index in [1.54, 1.807) is 19.1 Å². The van der Waals surface area contributed by atoms with Crippen molar-refractivity contribution in [2.75, 3.05) is 0 Å². The van der Waals surface area contributed by atoms with Crippen molar-refractivity contribution in [3.05, 3.63) is 51.7 Å². The molecule has 6 heteroatoms. The van der Waals surface area contributed by atoms with Gasteiger partial charge in [0.05, 0.1) is 5.69 Å². The Morgan fingerprint density at radius 3 is 2.65 bits per heavy atom. The summed E-state index contributed by atoms with van der Waals surface area (Å²) in [7, 11) is 0. The van der Waals surface area contributed by atoms with Crippen LogP contribution in [0.15, 0.2) is 29.1 Å². The van der Waals surface area contributed by atoms with Crippen molar-refractivity contribution >= 4 is 5.78 Å². The first-order chi connectivity index (χ1) is 9.61. The van der Waals surface area contributed by atoms with Gasteiger partial charge < -0.3 is 0 Å². The fourth-order valence-corrected chi connectivity index (χ4v) is 2.29. The van der Waals surface area contributed by atoms with Crippen molar-refractivity contribution < 1.29 is 4.39 Å². The van der Waals surface area contributed by atoms with Gasteiger partial charge in [0, 0.05) is 11.1 Å². The largest absolute Gasteiger partial charge is 0.268 e. The fraction of sp³-hybridized carbons (Fsp3) is 0.214. The molecule has 1 aromatic carbocycles. The fourth-order valence-electron chi connectivity index (χ4n) is 2.29. The highest BCUT2D eigenvalue weighted by molar-refractivity contribution is 5.58. The third kappa shape index (κ3) is 1.80. The monoisotopic (exact) mass is 272 g/mol. The summed E-state index contributed by atoms with van der Waals surface area (Å²) in [6.07, 6.45) is 0.606. The number of aromatic nitrogens is 4. The number of rotatable bonds is 2. The summed E-state index contributed by atoms with van der Waals surface area (Å²) in [5.74, 6) is 0.500. The van der Waals surface area contributed by atoms with Gasteiger partial charge in [-0.25, -0.2) is 18.9 Å². The number of nitrogens with one attached hydrogen (secondary N) is 1. The van der Waals surface area contributed by atoms with E-state index in [0.29, 0.717) is 34.8 Å². The first kappa shape index (κ1) is 12.5. The maximum atomic E-state index is 13.0. The Labute approximate surface area is 114 Å². The molecule has 0 saturated carbocycles. The Bertz CT molecular complexity index is 833. The number of halogens is 1. The van der Waals surface area contributed by atoms with Crippen LogP contribution in [0.3, 0.4) is 0 Å². The number of hydrogen-bond acceptors (Lipinski definition) is 3. The van der Waals surface area contributed by atoms with E-state index in [2.05, 4.69) is 15.2 Å². The lowest BCUT2D eigenvalue weighted by Gasteiger charge is -2.04. The predicted octanol–water partition coefficient (Wildman–Crippen LogP) is 2.09. The van der Waals surface area contributed by atoms with Crippen molar-refractivity contribution in [2.24, 2.45) is 0 Å². The Morgan fingerprint density at radius 1 is 1.30 bits per heavy atom. The molecule has 2 heterocycles. The Morgan fingerprint density at radius 2 is 2.00 bits per heavy atom. The quantitative estimate of drug-likeness (QED) is 0.777. The standard InChI is InChI=1S/C14H13FN4O/c1-3-11-8(2)16-14-18-17-12(19(14)13(11)20)9-4-6-10(15)7-5-9/h4-7H,3H2,1-2H3,(H,16,18). The van der Waals surface area contributed by atoms with Gasteiger partial charge in [0.2, 0.25) is 5.78 Å². The molecule has 3 aromatic rings. The molecule has 5 nitrogen and oxygen atoms in total. The minimum Gasteiger partial charge on any atom is -0.268 e. The molecule has 2 aromatic heterocycles. The second-order valence-electron chi connectivity index (χ2n) is 4.55. The summed E-state index contributed by atoms with van der Waals surface area (Å²) in [5, 5.41) is 6.87. The number of fused-ring (bicyclic) bond motifs is 1. The van der Waals surface area contributed by atoms with Crippen LogP contribution >= 0.6 is 0 Å². The topological polar surface area (TPSA) is 63.1 Å². The van der Waals surface area contributed by atoms with Gasteiger partial charge in [-0.05, 0) is 37.6 Å². The molecule has 0 amide bonds. The van der Waals surface area contributed by atoms with E-state index in [1.807, 2.05) is 6.92 Å². The van der Waals surface area contributed by atoms with Gasteiger partial charge in [0.15, 0.2) is 5.82 Å². The number of nitrogens with zero attached hydrogens (tertiary/aromatic N) is 3. The van der Waals surface area contributed by atoms with Gasteiger partial charge in [-0.15, -0.1) is 0 Å². The van der Waals surface area contributed by atoms with Gasteiger partial charge in [-0.3, -0.25) is 4.79 Å². The van der Waals surface area contributed by atoms with Crippen LogP contribution in [0.25, 0.3) is 17.2 Å². The number of benzene rings is 1. The zero-order valence-electron chi connectivity index (χ0n) is 11.1. The summed E-state index contributed by atoms with van der Waals surface area (Å²) >= 11 is 0. The SMILES string of the molecule is CCc1c(C)nc2[nH]nc(-c3ccc(F)cc3)n2c1=O. The molecule has 0 spiro atoms. The van der Waals surface area contributed by atoms with E-state index in [4.69, 9.17) is 0 Å². The molecule has 0 atom stereocenters. The summed E-state index contributed by atoms with van der Waals surface area (Å²) in [5.41, 5.74) is 1.88. The maximum Gasteiger partial charge on any atom is 0.264 e. The Kier molecular flexibility index (Phi) is 2.85. The molecule has 0 aliphatic rings. The van der Waals surface area contributed by atoms with E-state index in [9.17, 15) is 9.18 Å². The predicted molar refractivity (Wildman–Crippen MR) is 73.1 cm³/mol. The molecule has 0 bridgehead atoms. The van der Waals surface area contributed by atoms with Crippen molar-refractivity contribution in [1.29, 1.82) is 0 Å². The lowest BCUT2D eigenvalue weighted by molar-refractivity contribution is 0.628. The van der Waals surface area contributed by atoms with Gasteiger partial charge in [-0.1, -0.05) is 6.92 Å². The zero-order valence-corrected chi connectivity index (χ0v) is 11.1. The van der Waals surface area contributed by atoms with E-state index >= 15 is 0 Å². The molecule has 0 aliphatic heterocycles. The maximum absolute atomic E-state index is 13.0. The smallest absolute Gasteiger partial charge is 0.264 e. The van der Waals surface area contributed by atoms with E-state index in [-0.39, 0.29) is 11.4 Å². The molecule has 0 saturated heterocycles. The zero-order chi connectivity index (χ0) is 14.3. The van der Waals surface area contributed by atoms with Crippen LogP contribution in [0.5, 0.6) is 0 Å². The lowest BCUT2D eigenvalue weighted by atomic mass is 10.2. The molecule has 102 valence electrons. The normalized spacial score (nSPS) is 11.2. The van der Waals surface area contributed by atoms with E-state index in [0.717, 1.165) is 0 Å². The van der Waals surface area contributed by atoms with Gasteiger partial charge >= 0.3 is 0 Å². The molecule has 0 fully saturated rings. The third-order valence-electron chi connectivity index (χ3n) is 3.31. The van der Waals surface area contributed by atoms with Crippen LogP contribution in [-0.2, 0) is 6.42 Å². The molecular weight excluding hydrogens is 259 g/mol. The van der Waals surface area contributed by atoms with Crippen LogP contribution < -0.4 is 5.56 Å². The third-order valence-corrected chi connectivity index (χ3v) is 3.31. The van der Waals surface area contributed by atoms with Gasteiger partial charge in [-0.2, -0.15) is 5.10 Å². The number of aromatic amines is 1. The molecular formula is C14H13FN4O. The van der Waals surface area contributed by atoms with E-state index < -0.39 is 0 Å². The highest BCUT2D eigenvalue weighted by atomic mass is 19.1. The van der Waals surface area contributed by atoms with Crippen LogP contribution in [-0.4, -0.2) is 19.6 Å². The van der Waals surface area contributed by atoms with Crippen LogP contribution in [0, 0.1) is 12.7 Å². The molecule has 3 rings (SSSR count). The summed E-state index contributed by atoms with van der Waals surface area (Å²) < 4.78 is 14.4. The summed E-state index contributed by atoms with van der Waals surface area (Å²) in [4.78, 5) is 16.8. The number of hydrogen-bond donors (Lipinski definition) is 1. The minimum atomic E-state index is -0.329. The first-order valence-electron chi connectivity index (χ1n) is 6.34. The summed E-state index contributed by atoms with van der Waals surface area (Å²) in [6.45, 7) is 3.72. The van der Waals surface area contributed by atoms with E-state index in [1.165, 1.54) is 16.5 Å². The molecule has 0 unspecified atom stereocenters. The Hall–Kier alpha value is -2.50. The second kappa shape index (κ2) is 4.56. The second-order valence-corrected chi connectivity index (χ2v) is 4.55. The van der Waals surface area contributed by atoms with Gasteiger partial charge in [0.1, 0.15) is 5.82 Å².